The largest absolute Gasteiger partial charge is 0.465 e. The van der Waals surface area contributed by atoms with Gasteiger partial charge in [0.1, 0.15) is 0 Å². The number of ether oxygens (including phenoxy) is 1. The number of carboxylic acid groups (broad SMARTS) is 1. The highest BCUT2D eigenvalue weighted by Gasteiger charge is 2.39. The molecule has 0 radical (unpaired) electrons. The third-order valence-corrected chi connectivity index (χ3v) is 3.30. The van der Waals surface area contributed by atoms with E-state index >= 15 is 0 Å². The first-order valence-electron chi connectivity index (χ1n) is 6.05. The van der Waals surface area contributed by atoms with E-state index < -0.39 is 24.9 Å². The molecule has 6 heteroatoms. The van der Waals surface area contributed by atoms with Crippen molar-refractivity contribution in [3.63, 3.8) is 0 Å². The van der Waals surface area contributed by atoms with Gasteiger partial charge in [0.15, 0.2) is 0 Å². The lowest BCUT2D eigenvalue weighted by molar-refractivity contribution is -0.167. The van der Waals surface area contributed by atoms with E-state index in [9.17, 15) is 13.6 Å². The van der Waals surface area contributed by atoms with Crippen LogP contribution in [0.2, 0.25) is 0 Å². The smallest absolute Gasteiger partial charge is 0.407 e. The van der Waals surface area contributed by atoms with Crippen LogP contribution in [0.5, 0.6) is 0 Å². The van der Waals surface area contributed by atoms with Crippen molar-refractivity contribution in [2.75, 3.05) is 6.54 Å². The number of likely N-dealkylation sites (tertiary alicyclic amines) is 1. The van der Waals surface area contributed by atoms with Crippen molar-refractivity contribution < 1.29 is 23.4 Å². The van der Waals surface area contributed by atoms with E-state index in [4.69, 9.17) is 5.11 Å². The quantitative estimate of drug-likeness (QED) is 0.915. The Kier molecular flexibility index (Phi) is 4.31. The van der Waals surface area contributed by atoms with Crippen LogP contribution < -0.4 is 0 Å². The number of halogens is 2. The fourth-order valence-corrected chi connectivity index (χ4v) is 2.45. The number of nitrogens with zero attached hydrogens (tertiary/aromatic N) is 1. The number of rotatable bonds is 4. The summed E-state index contributed by atoms with van der Waals surface area (Å²) >= 11 is 0. The normalized spacial score (nSPS) is 23.0. The molecule has 0 bridgehead atoms. The highest BCUT2D eigenvalue weighted by atomic mass is 19.3. The molecule has 19 heavy (non-hydrogen) atoms. The monoisotopic (exact) mass is 271 g/mol. The third-order valence-electron chi connectivity index (χ3n) is 3.30. The minimum atomic E-state index is -2.88. The van der Waals surface area contributed by atoms with Crippen molar-refractivity contribution in [2.45, 2.75) is 31.6 Å². The Morgan fingerprint density at radius 3 is 2.68 bits per heavy atom. The number of amides is 1. The van der Waals surface area contributed by atoms with Gasteiger partial charge in [-0.05, 0) is 18.4 Å². The average molecular weight is 271 g/mol. The molecule has 1 fully saturated rings. The Hall–Kier alpha value is -1.69. The zero-order valence-corrected chi connectivity index (χ0v) is 10.2. The van der Waals surface area contributed by atoms with Gasteiger partial charge in [-0.25, -0.2) is 4.79 Å². The van der Waals surface area contributed by atoms with E-state index in [1.54, 1.807) is 0 Å². The van der Waals surface area contributed by atoms with Crippen LogP contribution >= 0.6 is 0 Å². The molecule has 2 rings (SSSR count). The van der Waals surface area contributed by atoms with Crippen molar-refractivity contribution in [1.29, 1.82) is 0 Å². The molecule has 1 saturated heterocycles. The summed E-state index contributed by atoms with van der Waals surface area (Å²) in [4.78, 5) is 12.3. The van der Waals surface area contributed by atoms with Gasteiger partial charge in [0, 0.05) is 6.54 Å². The summed E-state index contributed by atoms with van der Waals surface area (Å²) in [6.07, 6.45) is -1.17. The van der Waals surface area contributed by atoms with Crippen LogP contribution in [0.1, 0.15) is 12.0 Å². The van der Waals surface area contributed by atoms with Crippen LogP contribution in [-0.4, -0.2) is 41.4 Å². The van der Waals surface area contributed by atoms with Crippen LogP contribution in [-0.2, 0) is 11.2 Å². The highest BCUT2D eigenvalue weighted by Crippen LogP contribution is 2.26. The standard InChI is InChI=1S/C13H15F2NO3/c14-12(15)19-11-6-7-16(13(17)18)10(11)8-9-4-2-1-3-5-9/h1-5,10-12H,6-8H2,(H,17,18). The summed E-state index contributed by atoms with van der Waals surface area (Å²) in [5, 5.41) is 9.10. The van der Waals surface area contributed by atoms with E-state index in [2.05, 4.69) is 4.74 Å². The molecule has 1 heterocycles. The van der Waals surface area contributed by atoms with Gasteiger partial charge >= 0.3 is 12.7 Å². The first kappa shape index (κ1) is 13.7. The summed E-state index contributed by atoms with van der Waals surface area (Å²) in [7, 11) is 0. The third kappa shape index (κ3) is 3.41. The maximum Gasteiger partial charge on any atom is 0.407 e. The summed E-state index contributed by atoms with van der Waals surface area (Å²) in [6.45, 7) is -2.65. The van der Waals surface area contributed by atoms with Crippen molar-refractivity contribution >= 4 is 6.09 Å². The Labute approximate surface area is 109 Å². The number of alkyl halides is 2. The molecular weight excluding hydrogens is 256 g/mol. The van der Waals surface area contributed by atoms with Gasteiger partial charge in [0.05, 0.1) is 12.1 Å². The molecule has 1 aliphatic heterocycles. The molecule has 2 atom stereocenters. The lowest BCUT2D eigenvalue weighted by Gasteiger charge is -2.26. The minimum Gasteiger partial charge on any atom is -0.465 e. The van der Waals surface area contributed by atoms with Gasteiger partial charge in [0.25, 0.3) is 0 Å². The summed E-state index contributed by atoms with van der Waals surface area (Å²) < 4.78 is 29.2. The number of carbonyl (C=O) groups is 1. The molecule has 0 aromatic heterocycles. The second-order valence-electron chi connectivity index (χ2n) is 4.46. The fraction of sp³-hybridized carbons (Fsp3) is 0.462. The first-order chi connectivity index (χ1) is 9.08. The first-order valence-corrected chi connectivity index (χ1v) is 6.05. The van der Waals surface area contributed by atoms with Crippen LogP contribution in [0.25, 0.3) is 0 Å². The molecule has 1 N–H and O–H groups in total. The van der Waals surface area contributed by atoms with Crippen molar-refractivity contribution in [3.05, 3.63) is 35.9 Å². The molecule has 1 aromatic carbocycles. The minimum absolute atomic E-state index is 0.226. The summed E-state index contributed by atoms with van der Waals surface area (Å²) in [5.41, 5.74) is 0.906. The Bertz CT molecular complexity index is 427. The van der Waals surface area contributed by atoms with Crippen molar-refractivity contribution in [1.82, 2.24) is 4.90 Å². The molecule has 1 aromatic rings. The molecular formula is C13H15F2NO3. The van der Waals surface area contributed by atoms with E-state index in [-0.39, 0.29) is 6.54 Å². The Morgan fingerprint density at radius 2 is 2.11 bits per heavy atom. The van der Waals surface area contributed by atoms with Crippen molar-refractivity contribution in [3.8, 4) is 0 Å². The molecule has 2 unspecified atom stereocenters. The molecule has 104 valence electrons. The summed E-state index contributed by atoms with van der Waals surface area (Å²) in [5.74, 6) is 0. The summed E-state index contributed by atoms with van der Waals surface area (Å²) in [6, 6.07) is 8.64. The van der Waals surface area contributed by atoms with Crippen LogP contribution in [0.4, 0.5) is 13.6 Å². The molecule has 0 spiro atoms. The van der Waals surface area contributed by atoms with Gasteiger partial charge in [-0.3, -0.25) is 0 Å². The SMILES string of the molecule is O=C(O)N1CCC(OC(F)F)C1Cc1ccccc1. The Balaban J connectivity index is 2.12. The second kappa shape index (κ2) is 5.97. The van der Waals surface area contributed by atoms with Crippen LogP contribution in [0.3, 0.4) is 0 Å². The Morgan fingerprint density at radius 1 is 1.42 bits per heavy atom. The van der Waals surface area contributed by atoms with Crippen molar-refractivity contribution in [2.24, 2.45) is 0 Å². The van der Waals surface area contributed by atoms with Crippen LogP contribution in [0, 0.1) is 0 Å². The molecule has 0 aliphatic carbocycles. The average Bonchev–Trinajstić information content (AvgIpc) is 2.73. The van der Waals surface area contributed by atoms with E-state index in [1.165, 1.54) is 4.90 Å². The number of hydrogen-bond acceptors (Lipinski definition) is 2. The van der Waals surface area contributed by atoms with Gasteiger partial charge < -0.3 is 14.7 Å². The zero-order valence-electron chi connectivity index (χ0n) is 10.2. The van der Waals surface area contributed by atoms with Gasteiger partial charge in [0.2, 0.25) is 0 Å². The second-order valence-corrected chi connectivity index (χ2v) is 4.46. The number of benzene rings is 1. The predicted molar refractivity (Wildman–Crippen MR) is 64.2 cm³/mol. The molecule has 1 amide bonds. The lowest BCUT2D eigenvalue weighted by atomic mass is 10.0. The maximum absolute atomic E-state index is 12.3. The van der Waals surface area contributed by atoms with Gasteiger partial charge in [-0.1, -0.05) is 30.3 Å². The van der Waals surface area contributed by atoms with Gasteiger partial charge in [-0.2, -0.15) is 8.78 Å². The van der Waals surface area contributed by atoms with E-state index in [0.29, 0.717) is 12.8 Å². The molecule has 0 saturated carbocycles. The zero-order chi connectivity index (χ0) is 13.8. The fourth-order valence-electron chi connectivity index (χ4n) is 2.45. The molecule has 1 aliphatic rings. The van der Waals surface area contributed by atoms with Gasteiger partial charge in [-0.15, -0.1) is 0 Å². The maximum atomic E-state index is 12.3. The highest BCUT2D eigenvalue weighted by molar-refractivity contribution is 5.66. The van der Waals surface area contributed by atoms with E-state index in [0.717, 1.165) is 5.56 Å². The number of hydrogen-bond donors (Lipinski definition) is 1. The van der Waals surface area contributed by atoms with Crippen LogP contribution in [0.15, 0.2) is 30.3 Å². The van der Waals surface area contributed by atoms with E-state index in [1.807, 2.05) is 30.3 Å². The topological polar surface area (TPSA) is 49.8 Å². The lowest BCUT2D eigenvalue weighted by Crippen LogP contribution is -2.41. The predicted octanol–water partition coefficient (Wildman–Crippen LogP) is 2.59. The molecule has 4 nitrogen and oxygen atoms in total.